The van der Waals surface area contributed by atoms with E-state index < -0.39 is 0 Å². The third-order valence-corrected chi connectivity index (χ3v) is 1.02. The fraction of sp³-hybridized carbons (Fsp3) is 0.800. The minimum Gasteiger partial charge on any atom is -0.358 e. The monoisotopic (exact) mass is 152 g/mol. The Balaban J connectivity index is 0. The van der Waals surface area contributed by atoms with Crippen LogP contribution < -0.4 is 11.1 Å². The van der Waals surface area contributed by atoms with Gasteiger partial charge in [-0.25, -0.2) is 0 Å². The van der Waals surface area contributed by atoms with Crippen LogP contribution >= 0.6 is 12.4 Å². The molecule has 0 saturated carbocycles. The Bertz CT molecular complexity index is 87.0. The van der Waals surface area contributed by atoms with Gasteiger partial charge >= 0.3 is 0 Å². The molecule has 0 aliphatic carbocycles. The number of rotatable bonds is 2. The molecule has 9 heavy (non-hydrogen) atoms. The van der Waals surface area contributed by atoms with Crippen LogP contribution in [0, 0.1) is 0 Å². The second kappa shape index (κ2) is 5.85. The lowest BCUT2D eigenvalue weighted by atomic mass is 10.2. The molecule has 0 bridgehead atoms. The molecule has 0 radical (unpaired) electrons. The molecule has 0 unspecified atom stereocenters. The van der Waals surface area contributed by atoms with E-state index in [2.05, 4.69) is 5.32 Å². The number of hydrogen-bond donors (Lipinski definition) is 2. The number of likely N-dealkylation sites (N-methyl/N-ethyl adjacent to an activating group) is 1. The third-order valence-electron chi connectivity index (χ3n) is 1.02. The molecule has 1 amide bonds. The zero-order valence-corrected chi connectivity index (χ0v) is 6.49. The maximum Gasteiger partial charge on any atom is 0.236 e. The van der Waals surface area contributed by atoms with E-state index in [1.165, 1.54) is 0 Å². The lowest BCUT2D eigenvalue weighted by molar-refractivity contribution is -0.121. The van der Waals surface area contributed by atoms with Crippen LogP contribution in [0.25, 0.3) is 0 Å². The van der Waals surface area contributed by atoms with Crippen molar-refractivity contribution in [2.24, 2.45) is 5.73 Å². The summed E-state index contributed by atoms with van der Waals surface area (Å²) in [6.07, 6.45) is 0.694. The summed E-state index contributed by atoms with van der Waals surface area (Å²) in [6, 6.07) is -0.333. The molecule has 0 aliphatic heterocycles. The Kier molecular flexibility index (Phi) is 7.48. The van der Waals surface area contributed by atoms with Crippen molar-refractivity contribution in [3.05, 3.63) is 0 Å². The third kappa shape index (κ3) is 4.24. The largest absolute Gasteiger partial charge is 0.358 e. The first-order valence-electron chi connectivity index (χ1n) is 2.69. The Hall–Kier alpha value is -0.280. The van der Waals surface area contributed by atoms with E-state index in [1.54, 1.807) is 7.05 Å². The van der Waals surface area contributed by atoms with Gasteiger partial charge in [0.1, 0.15) is 0 Å². The van der Waals surface area contributed by atoms with Crippen molar-refractivity contribution in [3.63, 3.8) is 0 Å². The first-order chi connectivity index (χ1) is 3.72. The van der Waals surface area contributed by atoms with E-state index in [1.807, 2.05) is 6.92 Å². The summed E-state index contributed by atoms with van der Waals surface area (Å²) in [5.74, 6) is -0.0903. The standard InChI is InChI=1S/C5H12N2O.ClH/c1-3-4(6)5(8)7-2;/h4H,3,6H2,1-2H3,(H,7,8);1H/t4-;/m0./s1. The number of carbonyl (C=O) groups is 1. The fourth-order valence-corrected chi connectivity index (χ4v) is 0.371. The van der Waals surface area contributed by atoms with Gasteiger partial charge in [0.05, 0.1) is 6.04 Å². The van der Waals surface area contributed by atoms with Crippen molar-refractivity contribution in [1.82, 2.24) is 5.32 Å². The summed E-state index contributed by atoms with van der Waals surface area (Å²) in [5, 5.41) is 2.45. The molecule has 0 aromatic heterocycles. The molecule has 1 atom stereocenters. The second-order valence-electron chi connectivity index (χ2n) is 1.63. The van der Waals surface area contributed by atoms with Crippen LogP contribution in [0.4, 0.5) is 0 Å². The summed E-state index contributed by atoms with van der Waals surface area (Å²) < 4.78 is 0. The maximum absolute atomic E-state index is 10.5. The highest BCUT2D eigenvalue weighted by atomic mass is 35.5. The normalized spacial score (nSPS) is 11.4. The second-order valence-corrected chi connectivity index (χ2v) is 1.63. The first kappa shape index (κ1) is 11.5. The Labute approximate surface area is 61.4 Å². The molecule has 4 heteroatoms. The molecule has 3 nitrogen and oxygen atoms in total. The molecule has 0 fully saturated rings. The van der Waals surface area contributed by atoms with Gasteiger partial charge in [-0.3, -0.25) is 4.79 Å². The summed E-state index contributed by atoms with van der Waals surface area (Å²) in [4.78, 5) is 10.5. The molecule has 0 aliphatic rings. The Morgan fingerprint density at radius 3 is 2.33 bits per heavy atom. The highest BCUT2D eigenvalue weighted by Gasteiger charge is 2.06. The Morgan fingerprint density at radius 2 is 2.22 bits per heavy atom. The predicted molar refractivity (Wildman–Crippen MR) is 39.6 cm³/mol. The van der Waals surface area contributed by atoms with Crippen molar-refractivity contribution >= 4 is 18.3 Å². The summed E-state index contributed by atoms with van der Waals surface area (Å²) in [6.45, 7) is 1.87. The number of carbonyl (C=O) groups excluding carboxylic acids is 1. The van der Waals surface area contributed by atoms with Gasteiger partial charge in [-0.1, -0.05) is 6.92 Å². The van der Waals surface area contributed by atoms with E-state index >= 15 is 0 Å². The molecular formula is C5H13ClN2O. The topological polar surface area (TPSA) is 55.1 Å². The summed E-state index contributed by atoms with van der Waals surface area (Å²) >= 11 is 0. The summed E-state index contributed by atoms with van der Waals surface area (Å²) in [7, 11) is 1.58. The minimum atomic E-state index is -0.333. The number of nitrogens with two attached hydrogens (primary N) is 1. The predicted octanol–water partition coefficient (Wildman–Crippen LogP) is -0.109. The number of amides is 1. The number of nitrogens with one attached hydrogen (secondary N) is 1. The van der Waals surface area contributed by atoms with Crippen molar-refractivity contribution in [2.75, 3.05) is 7.05 Å². The fourth-order valence-electron chi connectivity index (χ4n) is 0.371. The quantitative estimate of drug-likeness (QED) is 0.580. The van der Waals surface area contributed by atoms with Crippen LogP contribution in [0.5, 0.6) is 0 Å². The van der Waals surface area contributed by atoms with E-state index in [4.69, 9.17) is 5.73 Å². The minimum absolute atomic E-state index is 0. The Morgan fingerprint density at radius 1 is 1.78 bits per heavy atom. The maximum atomic E-state index is 10.5. The van der Waals surface area contributed by atoms with E-state index in [-0.39, 0.29) is 24.4 Å². The van der Waals surface area contributed by atoms with Crippen LogP contribution in [0.1, 0.15) is 13.3 Å². The number of hydrogen-bond acceptors (Lipinski definition) is 2. The smallest absolute Gasteiger partial charge is 0.236 e. The van der Waals surface area contributed by atoms with Gasteiger partial charge in [0.15, 0.2) is 0 Å². The van der Waals surface area contributed by atoms with Gasteiger partial charge in [0, 0.05) is 7.05 Å². The van der Waals surface area contributed by atoms with Crippen LogP contribution in [0.2, 0.25) is 0 Å². The van der Waals surface area contributed by atoms with Gasteiger partial charge < -0.3 is 11.1 Å². The lowest BCUT2D eigenvalue weighted by Gasteiger charge is -2.04. The van der Waals surface area contributed by atoms with Crippen molar-refractivity contribution in [3.8, 4) is 0 Å². The SMILES string of the molecule is CC[C@H](N)C(=O)NC.Cl. The highest BCUT2D eigenvalue weighted by Crippen LogP contribution is 1.82. The van der Waals surface area contributed by atoms with Crippen molar-refractivity contribution in [1.29, 1.82) is 0 Å². The van der Waals surface area contributed by atoms with E-state index in [0.717, 1.165) is 0 Å². The van der Waals surface area contributed by atoms with E-state index in [9.17, 15) is 4.79 Å². The average molecular weight is 153 g/mol. The van der Waals surface area contributed by atoms with Crippen LogP contribution in [0.3, 0.4) is 0 Å². The van der Waals surface area contributed by atoms with Crippen LogP contribution in [-0.4, -0.2) is 19.0 Å². The van der Waals surface area contributed by atoms with E-state index in [0.29, 0.717) is 6.42 Å². The van der Waals surface area contributed by atoms with Crippen molar-refractivity contribution in [2.45, 2.75) is 19.4 Å². The van der Waals surface area contributed by atoms with Gasteiger partial charge in [-0.05, 0) is 6.42 Å². The van der Waals surface area contributed by atoms with Gasteiger partial charge in [-0.15, -0.1) is 12.4 Å². The van der Waals surface area contributed by atoms with Gasteiger partial charge in [0.2, 0.25) is 5.91 Å². The number of halogens is 1. The molecule has 0 aromatic carbocycles. The molecule has 0 aromatic rings. The first-order valence-corrected chi connectivity index (χ1v) is 2.69. The molecule has 0 spiro atoms. The summed E-state index contributed by atoms with van der Waals surface area (Å²) in [5.41, 5.74) is 5.31. The zero-order chi connectivity index (χ0) is 6.57. The van der Waals surface area contributed by atoms with Gasteiger partial charge in [-0.2, -0.15) is 0 Å². The highest BCUT2D eigenvalue weighted by molar-refractivity contribution is 5.85. The van der Waals surface area contributed by atoms with Crippen LogP contribution in [0.15, 0.2) is 0 Å². The molecule has 0 saturated heterocycles. The molecular weight excluding hydrogens is 140 g/mol. The average Bonchev–Trinajstić information content (AvgIpc) is 1.84. The van der Waals surface area contributed by atoms with Crippen LogP contribution in [-0.2, 0) is 4.79 Å². The van der Waals surface area contributed by atoms with Gasteiger partial charge in [0.25, 0.3) is 0 Å². The molecule has 3 N–H and O–H groups in total. The molecule has 0 heterocycles. The van der Waals surface area contributed by atoms with Crippen molar-refractivity contribution < 1.29 is 4.79 Å². The zero-order valence-electron chi connectivity index (χ0n) is 5.68. The molecule has 56 valence electrons. The lowest BCUT2D eigenvalue weighted by Crippen LogP contribution is -2.37. The molecule has 0 rings (SSSR count).